The summed E-state index contributed by atoms with van der Waals surface area (Å²) >= 11 is 2.08. The number of hydrogen-bond acceptors (Lipinski definition) is 5. The molecule has 0 saturated carbocycles. The van der Waals surface area contributed by atoms with Crippen molar-refractivity contribution in [1.29, 1.82) is 0 Å². The first kappa shape index (κ1) is 11.1. The van der Waals surface area contributed by atoms with Crippen LogP contribution in [-0.2, 0) is 0 Å². The molecule has 0 spiro atoms. The number of aliphatic hydroxyl groups excluding tert-OH is 1. The molecule has 6 nitrogen and oxygen atoms in total. The fourth-order valence-corrected chi connectivity index (χ4v) is 2.73. The zero-order chi connectivity index (χ0) is 11.8. The van der Waals surface area contributed by atoms with Gasteiger partial charge in [0.05, 0.1) is 12.6 Å². The Hall–Kier alpha value is -0.960. The van der Waals surface area contributed by atoms with Gasteiger partial charge in [-0.3, -0.25) is 0 Å². The SMILES string of the molecule is OCC1CCCN1c1ccnc2nc(I)nn12. The van der Waals surface area contributed by atoms with Crippen LogP contribution in [0.25, 0.3) is 5.78 Å². The van der Waals surface area contributed by atoms with E-state index in [1.165, 1.54) is 0 Å². The van der Waals surface area contributed by atoms with E-state index in [9.17, 15) is 5.11 Å². The Morgan fingerprint density at radius 3 is 3.24 bits per heavy atom. The van der Waals surface area contributed by atoms with Gasteiger partial charge in [0.15, 0.2) is 0 Å². The molecule has 90 valence electrons. The van der Waals surface area contributed by atoms with Gasteiger partial charge in [-0.15, -0.1) is 5.10 Å². The highest BCUT2D eigenvalue weighted by Crippen LogP contribution is 2.24. The molecule has 1 unspecified atom stereocenters. The Bertz CT molecular complexity index is 542. The lowest BCUT2D eigenvalue weighted by molar-refractivity contribution is 0.265. The number of aromatic nitrogens is 4. The Balaban J connectivity index is 2.10. The van der Waals surface area contributed by atoms with Crippen LogP contribution in [0.3, 0.4) is 0 Å². The standard InChI is InChI=1S/C10H12IN5O/c11-9-13-10-12-4-3-8(16(10)14-9)15-5-1-2-7(15)6-17/h3-4,7,17H,1-2,5-6H2. The highest BCUT2D eigenvalue weighted by atomic mass is 127. The minimum atomic E-state index is 0.176. The highest BCUT2D eigenvalue weighted by molar-refractivity contribution is 14.1. The van der Waals surface area contributed by atoms with Crippen LogP contribution in [0.1, 0.15) is 12.8 Å². The second kappa shape index (κ2) is 4.37. The Kier molecular flexibility index (Phi) is 2.87. The molecule has 0 amide bonds. The summed E-state index contributed by atoms with van der Waals surface area (Å²) in [6.07, 6.45) is 3.86. The predicted octanol–water partition coefficient (Wildman–Crippen LogP) is 0.690. The van der Waals surface area contributed by atoms with Crippen molar-refractivity contribution >= 4 is 34.2 Å². The summed E-state index contributed by atoms with van der Waals surface area (Å²) < 4.78 is 2.43. The van der Waals surface area contributed by atoms with E-state index in [1.807, 2.05) is 6.07 Å². The fraction of sp³-hybridized carbons (Fsp3) is 0.500. The molecule has 1 fully saturated rings. The van der Waals surface area contributed by atoms with Crippen LogP contribution in [0.4, 0.5) is 5.82 Å². The first-order valence-corrected chi connectivity index (χ1v) is 6.62. The van der Waals surface area contributed by atoms with Crippen molar-refractivity contribution in [3.05, 3.63) is 16.1 Å². The number of hydrogen-bond donors (Lipinski definition) is 1. The van der Waals surface area contributed by atoms with Gasteiger partial charge in [-0.2, -0.15) is 9.50 Å². The summed E-state index contributed by atoms with van der Waals surface area (Å²) in [5, 5.41) is 13.7. The van der Waals surface area contributed by atoms with E-state index in [0.717, 1.165) is 25.2 Å². The summed E-state index contributed by atoms with van der Waals surface area (Å²) in [7, 11) is 0. The predicted molar refractivity (Wildman–Crippen MR) is 71.0 cm³/mol. The van der Waals surface area contributed by atoms with Gasteiger partial charge in [-0.1, -0.05) is 0 Å². The second-order valence-corrected chi connectivity index (χ2v) is 5.03. The fourth-order valence-electron chi connectivity index (χ4n) is 2.30. The molecule has 0 aliphatic carbocycles. The van der Waals surface area contributed by atoms with Crippen molar-refractivity contribution in [2.24, 2.45) is 0 Å². The average molecular weight is 345 g/mol. The molecule has 1 atom stereocenters. The van der Waals surface area contributed by atoms with Crippen molar-refractivity contribution in [1.82, 2.24) is 19.6 Å². The van der Waals surface area contributed by atoms with Crippen LogP contribution in [0.5, 0.6) is 0 Å². The lowest BCUT2D eigenvalue weighted by Gasteiger charge is -2.24. The molecular formula is C10H12IN5O. The first-order chi connectivity index (χ1) is 8.29. The van der Waals surface area contributed by atoms with Crippen LogP contribution < -0.4 is 4.90 Å². The number of rotatable bonds is 2. The molecule has 0 aromatic carbocycles. The van der Waals surface area contributed by atoms with Crippen molar-refractivity contribution in [2.45, 2.75) is 18.9 Å². The lowest BCUT2D eigenvalue weighted by Crippen LogP contribution is -2.33. The molecule has 17 heavy (non-hydrogen) atoms. The average Bonchev–Trinajstić information content (AvgIpc) is 2.92. The summed E-state index contributed by atoms with van der Waals surface area (Å²) in [6, 6.07) is 2.11. The van der Waals surface area contributed by atoms with Crippen LogP contribution >= 0.6 is 22.6 Å². The van der Waals surface area contributed by atoms with Gasteiger partial charge in [-0.25, -0.2) is 4.98 Å². The van der Waals surface area contributed by atoms with Gasteiger partial charge in [0, 0.05) is 35.3 Å². The molecule has 1 N–H and O–H groups in total. The third-order valence-electron chi connectivity index (χ3n) is 3.08. The smallest absolute Gasteiger partial charge is 0.255 e. The zero-order valence-electron chi connectivity index (χ0n) is 9.12. The van der Waals surface area contributed by atoms with Crippen molar-refractivity contribution in [3.63, 3.8) is 0 Å². The summed E-state index contributed by atoms with van der Waals surface area (Å²) in [4.78, 5) is 10.6. The molecule has 2 aromatic rings. The second-order valence-electron chi connectivity index (χ2n) is 4.07. The highest BCUT2D eigenvalue weighted by Gasteiger charge is 2.26. The number of aliphatic hydroxyl groups is 1. The Morgan fingerprint density at radius 1 is 1.53 bits per heavy atom. The molecule has 2 aromatic heterocycles. The van der Waals surface area contributed by atoms with E-state index in [4.69, 9.17) is 0 Å². The number of anilines is 1. The third kappa shape index (κ3) is 1.86. The first-order valence-electron chi connectivity index (χ1n) is 5.54. The lowest BCUT2D eigenvalue weighted by atomic mass is 10.2. The van der Waals surface area contributed by atoms with Crippen LogP contribution in [0.2, 0.25) is 0 Å². The maximum absolute atomic E-state index is 9.37. The number of fused-ring (bicyclic) bond motifs is 1. The van der Waals surface area contributed by atoms with Gasteiger partial charge in [0.1, 0.15) is 5.82 Å². The minimum absolute atomic E-state index is 0.176. The maximum atomic E-state index is 9.37. The molecule has 7 heteroatoms. The van der Waals surface area contributed by atoms with Crippen LogP contribution in [-0.4, -0.2) is 43.9 Å². The van der Waals surface area contributed by atoms with Gasteiger partial charge in [0.2, 0.25) is 3.83 Å². The van der Waals surface area contributed by atoms with E-state index in [-0.39, 0.29) is 12.6 Å². The van der Waals surface area contributed by atoms with Crippen molar-refractivity contribution < 1.29 is 5.11 Å². The van der Waals surface area contributed by atoms with Gasteiger partial charge in [0.25, 0.3) is 5.78 Å². The van der Waals surface area contributed by atoms with E-state index in [2.05, 4.69) is 42.6 Å². The molecule has 0 radical (unpaired) electrons. The summed E-state index contributed by atoms with van der Waals surface area (Å²) in [6.45, 7) is 1.12. The number of nitrogens with zero attached hydrogens (tertiary/aromatic N) is 5. The Labute approximate surface area is 112 Å². The maximum Gasteiger partial charge on any atom is 0.255 e. The molecule has 1 aliphatic heterocycles. The van der Waals surface area contributed by atoms with Crippen molar-refractivity contribution in [3.8, 4) is 0 Å². The third-order valence-corrected chi connectivity index (χ3v) is 3.53. The number of halogens is 1. The molecule has 3 heterocycles. The zero-order valence-corrected chi connectivity index (χ0v) is 11.3. The van der Waals surface area contributed by atoms with Gasteiger partial charge >= 0.3 is 0 Å². The van der Waals surface area contributed by atoms with E-state index in [0.29, 0.717) is 9.61 Å². The minimum Gasteiger partial charge on any atom is -0.394 e. The summed E-state index contributed by atoms with van der Waals surface area (Å²) in [5.41, 5.74) is 0. The molecule has 1 saturated heterocycles. The van der Waals surface area contributed by atoms with Crippen LogP contribution in [0, 0.1) is 3.83 Å². The quantitative estimate of drug-likeness (QED) is 0.812. The molecule has 1 aliphatic rings. The van der Waals surface area contributed by atoms with E-state index >= 15 is 0 Å². The molecule has 0 bridgehead atoms. The Morgan fingerprint density at radius 2 is 2.41 bits per heavy atom. The van der Waals surface area contributed by atoms with E-state index in [1.54, 1.807) is 10.7 Å². The largest absolute Gasteiger partial charge is 0.394 e. The molecule has 3 rings (SSSR count). The topological polar surface area (TPSA) is 66.5 Å². The van der Waals surface area contributed by atoms with Gasteiger partial charge < -0.3 is 10.0 Å². The summed E-state index contributed by atoms with van der Waals surface area (Å²) in [5.74, 6) is 1.57. The van der Waals surface area contributed by atoms with Crippen molar-refractivity contribution in [2.75, 3.05) is 18.1 Å². The molecular weight excluding hydrogens is 333 g/mol. The normalized spacial score (nSPS) is 20.4. The van der Waals surface area contributed by atoms with Gasteiger partial charge in [-0.05, 0) is 18.9 Å². The monoisotopic (exact) mass is 345 g/mol. The van der Waals surface area contributed by atoms with Crippen LogP contribution in [0.15, 0.2) is 12.3 Å². The van der Waals surface area contributed by atoms with E-state index < -0.39 is 0 Å².